The zero-order valence-corrected chi connectivity index (χ0v) is 13.0. The molecule has 2 atom stereocenters. The summed E-state index contributed by atoms with van der Waals surface area (Å²) in [6.45, 7) is 2.82. The molecule has 118 valence electrons. The largest absolute Gasteiger partial charge is 0.317 e. The molecule has 1 saturated heterocycles. The van der Waals surface area contributed by atoms with Crippen LogP contribution in [-0.4, -0.2) is 38.9 Å². The molecule has 0 aromatic heterocycles. The van der Waals surface area contributed by atoms with Crippen LogP contribution in [0.15, 0.2) is 23.1 Å². The molecule has 0 aliphatic carbocycles. The van der Waals surface area contributed by atoms with Crippen LogP contribution in [0.5, 0.6) is 0 Å². The van der Waals surface area contributed by atoms with E-state index < -0.39 is 21.7 Å². The molecule has 0 spiro atoms. The Morgan fingerprint density at radius 1 is 1.33 bits per heavy atom. The fourth-order valence-electron chi connectivity index (χ4n) is 2.62. The van der Waals surface area contributed by atoms with Crippen LogP contribution in [0.2, 0.25) is 0 Å². The molecule has 1 aliphatic rings. The van der Waals surface area contributed by atoms with Gasteiger partial charge in [0.25, 0.3) is 0 Å². The smallest absolute Gasteiger partial charge is 0.243 e. The average molecular weight is 318 g/mol. The summed E-state index contributed by atoms with van der Waals surface area (Å²) in [5.41, 5.74) is 0. The summed E-state index contributed by atoms with van der Waals surface area (Å²) < 4.78 is 52.6. The van der Waals surface area contributed by atoms with Gasteiger partial charge in [0.1, 0.15) is 0 Å². The second-order valence-corrected chi connectivity index (χ2v) is 7.36. The first-order valence-electron chi connectivity index (χ1n) is 6.98. The quantitative estimate of drug-likeness (QED) is 0.923. The summed E-state index contributed by atoms with van der Waals surface area (Å²) in [5.74, 6) is -1.98. The highest BCUT2D eigenvalue weighted by molar-refractivity contribution is 7.89. The van der Waals surface area contributed by atoms with Crippen molar-refractivity contribution in [3.63, 3.8) is 0 Å². The van der Waals surface area contributed by atoms with Crippen molar-refractivity contribution in [2.75, 3.05) is 20.1 Å². The zero-order valence-electron chi connectivity index (χ0n) is 12.1. The third-order valence-corrected chi connectivity index (χ3v) is 5.97. The Labute approximate surface area is 124 Å². The monoisotopic (exact) mass is 318 g/mol. The molecule has 21 heavy (non-hydrogen) atoms. The highest BCUT2D eigenvalue weighted by atomic mass is 32.2. The summed E-state index contributed by atoms with van der Waals surface area (Å²) in [6.07, 6.45) is 1.71. The minimum absolute atomic E-state index is 0.195. The molecule has 2 rings (SSSR count). The Kier molecular flexibility index (Phi) is 4.95. The number of hydrogen-bond donors (Lipinski definition) is 1. The highest BCUT2D eigenvalue weighted by Gasteiger charge is 2.32. The van der Waals surface area contributed by atoms with E-state index in [0.29, 0.717) is 13.1 Å². The normalized spacial score (nSPS) is 22.2. The van der Waals surface area contributed by atoms with Crippen LogP contribution < -0.4 is 5.32 Å². The van der Waals surface area contributed by atoms with E-state index in [9.17, 15) is 17.2 Å². The van der Waals surface area contributed by atoms with Crippen molar-refractivity contribution in [1.82, 2.24) is 9.62 Å². The number of piperidine rings is 1. The minimum Gasteiger partial charge on any atom is -0.317 e. The minimum atomic E-state index is -3.78. The van der Waals surface area contributed by atoms with Gasteiger partial charge in [-0.05, 0) is 50.9 Å². The molecule has 1 aliphatic heterocycles. The van der Waals surface area contributed by atoms with Crippen molar-refractivity contribution in [3.8, 4) is 0 Å². The van der Waals surface area contributed by atoms with E-state index in [0.717, 1.165) is 31.0 Å². The van der Waals surface area contributed by atoms with Gasteiger partial charge >= 0.3 is 0 Å². The summed E-state index contributed by atoms with van der Waals surface area (Å²) in [5, 5.41) is 3.13. The standard InChI is InChI=1S/C14H20F2N2O2S/c1-10(17-2)11-4-3-7-18(9-11)21(19,20)12-5-6-13(15)14(16)8-12/h5-6,8,10-11,17H,3-4,7,9H2,1-2H3. The van der Waals surface area contributed by atoms with E-state index in [-0.39, 0.29) is 16.9 Å². The van der Waals surface area contributed by atoms with Crippen molar-refractivity contribution in [2.24, 2.45) is 5.92 Å². The van der Waals surface area contributed by atoms with Gasteiger partial charge in [0.05, 0.1) is 4.90 Å². The molecular weight excluding hydrogens is 298 g/mol. The molecule has 0 saturated carbocycles. The van der Waals surface area contributed by atoms with E-state index in [1.165, 1.54) is 4.31 Å². The third-order valence-electron chi connectivity index (χ3n) is 4.11. The Bertz CT molecular complexity index is 607. The van der Waals surface area contributed by atoms with Crippen LogP contribution in [0.4, 0.5) is 8.78 Å². The zero-order chi connectivity index (χ0) is 15.6. The number of benzene rings is 1. The summed E-state index contributed by atoms with van der Waals surface area (Å²) in [4.78, 5) is -0.195. The maximum atomic E-state index is 13.3. The Morgan fingerprint density at radius 2 is 2.05 bits per heavy atom. The van der Waals surface area contributed by atoms with Crippen LogP contribution in [0.25, 0.3) is 0 Å². The lowest BCUT2D eigenvalue weighted by Gasteiger charge is -2.34. The molecule has 1 aromatic carbocycles. The molecule has 1 N–H and O–H groups in total. The van der Waals surface area contributed by atoms with Crippen molar-refractivity contribution < 1.29 is 17.2 Å². The average Bonchev–Trinajstić information content (AvgIpc) is 2.49. The molecule has 7 heteroatoms. The SMILES string of the molecule is CNC(C)C1CCCN(S(=O)(=O)c2ccc(F)c(F)c2)C1. The number of rotatable bonds is 4. The summed E-state index contributed by atoms with van der Waals surface area (Å²) >= 11 is 0. The van der Waals surface area contributed by atoms with Crippen LogP contribution in [0.1, 0.15) is 19.8 Å². The topological polar surface area (TPSA) is 49.4 Å². The molecule has 1 heterocycles. The molecule has 2 unspecified atom stereocenters. The van der Waals surface area contributed by atoms with Gasteiger partial charge in [0.15, 0.2) is 11.6 Å². The molecule has 4 nitrogen and oxygen atoms in total. The lowest BCUT2D eigenvalue weighted by Crippen LogP contribution is -2.45. The van der Waals surface area contributed by atoms with E-state index >= 15 is 0 Å². The van der Waals surface area contributed by atoms with Gasteiger partial charge in [0.2, 0.25) is 10.0 Å². The van der Waals surface area contributed by atoms with Gasteiger partial charge in [0, 0.05) is 19.1 Å². The van der Waals surface area contributed by atoms with Gasteiger partial charge in [-0.15, -0.1) is 0 Å². The Morgan fingerprint density at radius 3 is 2.67 bits per heavy atom. The number of nitrogens with zero attached hydrogens (tertiary/aromatic N) is 1. The summed E-state index contributed by atoms with van der Waals surface area (Å²) in [6, 6.07) is 2.90. The first-order chi connectivity index (χ1) is 9.86. The second-order valence-electron chi connectivity index (χ2n) is 5.42. The van der Waals surface area contributed by atoms with Gasteiger partial charge in [-0.3, -0.25) is 0 Å². The van der Waals surface area contributed by atoms with E-state index in [1.54, 1.807) is 0 Å². The number of hydrogen-bond acceptors (Lipinski definition) is 3. The Balaban J connectivity index is 2.24. The van der Waals surface area contributed by atoms with E-state index in [2.05, 4.69) is 5.32 Å². The lowest BCUT2D eigenvalue weighted by molar-refractivity contribution is 0.229. The Hall–Kier alpha value is -1.05. The molecule has 0 radical (unpaired) electrons. The molecule has 0 bridgehead atoms. The second kappa shape index (κ2) is 6.37. The number of sulfonamides is 1. The van der Waals surface area contributed by atoms with Gasteiger partial charge < -0.3 is 5.32 Å². The fourth-order valence-corrected chi connectivity index (χ4v) is 4.17. The van der Waals surface area contributed by atoms with E-state index in [4.69, 9.17) is 0 Å². The molecule has 1 fully saturated rings. The summed E-state index contributed by atoms with van der Waals surface area (Å²) in [7, 11) is -1.94. The predicted octanol–water partition coefficient (Wildman–Crippen LogP) is 1.97. The first-order valence-corrected chi connectivity index (χ1v) is 8.42. The van der Waals surface area contributed by atoms with Gasteiger partial charge in [-0.25, -0.2) is 17.2 Å². The maximum Gasteiger partial charge on any atom is 0.243 e. The maximum absolute atomic E-state index is 13.3. The number of halogens is 2. The van der Waals surface area contributed by atoms with Crippen LogP contribution >= 0.6 is 0 Å². The fraction of sp³-hybridized carbons (Fsp3) is 0.571. The van der Waals surface area contributed by atoms with Crippen molar-refractivity contribution in [3.05, 3.63) is 29.8 Å². The van der Waals surface area contributed by atoms with Crippen LogP contribution in [0, 0.1) is 17.6 Å². The molecular formula is C14H20F2N2O2S. The van der Waals surface area contributed by atoms with Crippen molar-refractivity contribution in [1.29, 1.82) is 0 Å². The third kappa shape index (κ3) is 3.41. The molecule has 1 aromatic rings. The van der Waals surface area contributed by atoms with Crippen LogP contribution in [-0.2, 0) is 10.0 Å². The van der Waals surface area contributed by atoms with Crippen molar-refractivity contribution in [2.45, 2.75) is 30.7 Å². The van der Waals surface area contributed by atoms with Crippen LogP contribution in [0.3, 0.4) is 0 Å². The lowest BCUT2D eigenvalue weighted by atomic mass is 9.93. The van der Waals surface area contributed by atoms with E-state index in [1.807, 2.05) is 14.0 Å². The first kappa shape index (κ1) is 16.3. The number of nitrogens with one attached hydrogen (secondary N) is 1. The van der Waals surface area contributed by atoms with Crippen molar-refractivity contribution >= 4 is 10.0 Å². The predicted molar refractivity (Wildman–Crippen MR) is 76.4 cm³/mol. The molecule has 0 amide bonds. The van der Waals surface area contributed by atoms with Gasteiger partial charge in [-0.2, -0.15) is 4.31 Å². The van der Waals surface area contributed by atoms with Gasteiger partial charge in [-0.1, -0.05) is 0 Å². The highest BCUT2D eigenvalue weighted by Crippen LogP contribution is 2.26.